The molecule has 0 spiro atoms. The van der Waals surface area contributed by atoms with E-state index >= 15 is 0 Å². The maximum atomic E-state index is 12.1. The third kappa shape index (κ3) is 3.69. The molecule has 1 aliphatic rings. The minimum absolute atomic E-state index is 0.0420. The number of carbonyl (C=O) groups excluding carboxylic acids is 1. The Labute approximate surface area is 138 Å². The smallest absolute Gasteiger partial charge is 0.258 e. The van der Waals surface area contributed by atoms with Gasteiger partial charge in [0.1, 0.15) is 5.75 Å². The molecule has 4 heteroatoms. The molecule has 1 aliphatic carbocycles. The first kappa shape index (κ1) is 15.1. The highest BCUT2D eigenvalue weighted by atomic mass is 79.9. The van der Waals surface area contributed by atoms with Crippen LogP contribution < -0.4 is 10.1 Å². The maximum absolute atomic E-state index is 12.1. The van der Waals surface area contributed by atoms with E-state index in [9.17, 15) is 4.79 Å². The number of halogens is 1. The van der Waals surface area contributed by atoms with Gasteiger partial charge in [0.05, 0.1) is 6.04 Å². The van der Waals surface area contributed by atoms with Crippen molar-refractivity contribution < 1.29 is 9.53 Å². The van der Waals surface area contributed by atoms with E-state index in [2.05, 4.69) is 39.4 Å². The van der Waals surface area contributed by atoms with Crippen molar-refractivity contribution >= 4 is 21.8 Å². The van der Waals surface area contributed by atoms with Crippen LogP contribution in [0.4, 0.5) is 0 Å². The highest BCUT2D eigenvalue weighted by molar-refractivity contribution is 9.10. The van der Waals surface area contributed by atoms with Gasteiger partial charge in [0.15, 0.2) is 6.61 Å². The predicted molar refractivity (Wildman–Crippen MR) is 89.9 cm³/mol. The molecule has 22 heavy (non-hydrogen) atoms. The number of ether oxygens (including phenoxy) is 1. The SMILES string of the molecule is O=C(COc1ccc(Br)cc1)NC1CCCc2ccccc21. The lowest BCUT2D eigenvalue weighted by atomic mass is 9.88. The van der Waals surface area contributed by atoms with Crippen molar-refractivity contribution in [1.29, 1.82) is 0 Å². The van der Waals surface area contributed by atoms with Gasteiger partial charge in [-0.3, -0.25) is 4.79 Å². The van der Waals surface area contributed by atoms with Crippen LogP contribution in [0.3, 0.4) is 0 Å². The molecule has 1 amide bonds. The van der Waals surface area contributed by atoms with Gasteiger partial charge >= 0.3 is 0 Å². The Morgan fingerprint density at radius 3 is 2.77 bits per heavy atom. The molecule has 1 N–H and O–H groups in total. The van der Waals surface area contributed by atoms with E-state index in [1.54, 1.807) is 0 Å². The molecular weight excluding hydrogens is 342 g/mol. The van der Waals surface area contributed by atoms with Crippen LogP contribution >= 0.6 is 15.9 Å². The van der Waals surface area contributed by atoms with Gasteiger partial charge in [0.2, 0.25) is 0 Å². The van der Waals surface area contributed by atoms with Crippen LogP contribution in [-0.4, -0.2) is 12.5 Å². The lowest BCUT2D eigenvalue weighted by Gasteiger charge is -2.26. The van der Waals surface area contributed by atoms with E-state index in [0.29, 0.717) is 5.75 Å². The van der Waals surface area contributed by atoms with Crippen molar-refractivity contribution in [1.82, 2.24) is 5.32 Å². The van der Waals surface area contributed by atoms with Crippen LogP contribution in [0, 0.1) is 0 Å². The fourth-order valence-corrected chi connectivity index (χ4v) is 3.08. The third-order valence-electron chi connectivity index (χ3n) is 3.89. The third-order valence-corrected chi connectivity index (χ3v) is 4.42. The van der Waals surface area contributed by atoms with Crippen LogP contribution in [0.25, 0.3) is 0 Å². The van der Waals surface area contributed by atoms with Gasteiger partial charge in [-0.1, -0.05) is 40.2 Å². The summed E-state index contributed by atoms with van der Waals surface area (Å²) in [7, 11) is 0. The molecular formula is C18H18BrNO2. The normalized spacial score (nSPS) is 16.7. The van der Waals surface area contributed by atoms with E-state index in [-0.39, 0.29) is 18.6 Å². The molecule has 3 rings (SSSR count). The van der Waals surface area contributed by atoms with E-state index in [1.807, 2.05) is 30.3 Å². The zero-order chi connectivity index (χ0) is 15.4. The number of nitrogens with one attached hydrogen (secondary N) is 1. The van der Waals surface area contributed by atoms with Gasteiger partial charge in [-0.2, -0.15) is 0 Å². The Hall–Kier alpha value is -1.81. The monoisotopic (exact) mass is 359 g/mol. The molecule has 1 atom stereocenters. The highest BCUT2D eigenvalue weighted by Gasteiger charge is 2.21. The van der Waals surface area contributed by atoms with Crippen LogP contribution in [0.1, 0.15) is 30.0 Å². The zero-order valence-electron chi connectivity index (χ0n) is 12.2. The number of amides is 1. The number of fused-ring (bicyclic) bond motifs is 1. The summed E-state index contributed by atoms with van der Waals surface area (Å²) in [6, 6.07) is 15.9. The van der Waals surface area contributed by atoms with Crippen LogP contribution in [0.15, 0.2) is 53.0 Å². The first-order valence-electron chi connectivity index (χ1n) is 7.48. The summed E-state index contributed by atoms with van der Waals surface area (Å²) in [4.78, 5) is 12.1. The summed E-state index contributed by atoms with van der Waals surface area (Å²) in [5.41, 5.74) is 2.58. The van der Waals surface area contributed by atoms with Gasteiger partial charge in [0, 0.05) is 4.47 Å². The van der Waals surface area contributed by atoms with E-state index in [0.717, 1.165) is 23.7 Å². The summed E-state index contributed by atoms with van der Waals surface area (Å²) in [6.07, 6.45) is 3.19. The van der Waals surface area contributed by atoms with Crippen LogP contribution in [0.2, 0.25) is 0 Å². The van der Waals surface area contributed by atoms with Crippen molar-refractivity contribution in [2.75, 3.05) is 6.61 Å². The van der Waals surface area contributed by atoms with Crippen molar-refractivity contribution in [3.8, 4) is 5.75 Å². The summed E-state index contributed by atoms with van der Waals surface area (Å²) >= 11 is 3.37. The average molecular weight is 360 g/mol. The first-order valence-corrected chi connectivity index (χ1v) is 8.27. The van der Waals surface area contributed by atoms with Gasteiger partial charge < -0.3 is 10.1 Å². The summed E-state index contributed by atoms with van der Waals surface area (Å²) in [5, 5.41) is 3.08. The summed E-state index contributed by atoms with van der Waals surface area (Å²) < 4.78 is 6.51. The number of aryl methyl sites for hydroxylation is 1. The van der Waals surface area contributed by atoms with Gasteiger partial charge in [-0.05, 0) is 54.7 Å². The zero-order valence-corrected chi connectivity index (χ0v) is 13.8. The van der Waals surface area contributed by atoms with E-state index in [1.165, 1.54) is 11.1 Å². The van der Waals surface area contributed by atoms with Crippen molar-refractivity contribution in [3.05, 3.63) is 64.1 Å². The summed E-state index contributed by atoms with van der Waals surface area (Å²) in [5.74, 6) is 0.618. The maximum Gasteiger partial charge on any atom is 0.258 e. The molecule has 0 heterocycles. The van der Waals surface area contributed by atoms with Crippen LogP contribution in [0.5, 0.6) is 5.75 Å². The van der Waals surface area contributed by atoms with E-state index < -0.39 is 0 Å². The average Bonchev–Trinajstić information content (AvgIpc) is 2.55. The second kappa shape index (κ2) is 6.97. The van der Waals surface area contributed by atoms with Crippen molar-refractivity contribution in [2.24, 2.45) is 0 Å². The topological polar surface area (TPSA) is 38.3 Å². The quantitative estimate of drug-likeness (QED) is 0.894. The molecule has 0 saturated heterocycles. The molecule has 0 aromatic heterocycles. The number of carbonyl (C=O) groups is 1. The molecule has 0 fully saturated rings. The first-order chi connectivity index (χ1) is 10.7. The van der Waals surface area contributed by atoms with E-state index in [4.69, 9.17) is 4.74 Å². The Bertz CT molecular complexity index is 654. The van der Waals surface area contributed by atoms with Crippen molar-refractivity contribution in [2.45, 2.75) is 25.3 Å². The van der Waals surface area contributed by atoms with Gasteiger partial charge in [-0.15, -0.1) is 0 Å². The lowest BCUT2D eigenvalue weighted by molar-refractivity contribution is -0.123. The Morgan fingerprint density at radius 2 is 1.95 bits per heavy atom. The number of hydrogen-bond acceptors (Lipinski definition) is 2. The molecule has 0 radical (unpaired) electrons. The molecule has 1 unspecified atom stereocenters. The molecule has 0 saturated carbocycles. The number of hydrogen-bond donors (Lipinski definition) is 1. The Morgan fingerprint density at radius 1 is 1.18 bits per heavy atom. The molecule has 114 valence electrons. The molecule has 3 nitrogen and oxygen atoms in total. The number of rotatable bonds is 4. The minimum Gasteiger partial charge on any atom is -0.484 e. The molecule has 0 bridgehead atoms. The van der Waals surface area contributed by atoms with Gasteiger partial charge in [0.25, 0.3) is 5.91 Å². The van der Waals surface area contributed by atoms with Crippen molar-refractivity contribution in [3.63, 3.8) is 0 Å². The highest BCUT2D eigenvalue weighted by Crippen LogP contribution is 2.29. The molecule has 2 aromatic rings. The molecule has 2 aromatic carbocycles. The number of benzene rings is 2. The fourth-order valence-electron chi connectivity index (χ4n) is 2.82. The second-order valence-electron chi connectivity index (χ2n) is 5.45. The van der Waals surface area contributed by atoms with Crippen LogP contribution in [-0.2, 0) is 11.2 Å². The standard InChI is InChI=1S/C18H18BrNO2/c19-14-8-10-15(11-9-14)22-12-18(21)20-17-7-3-5-13-4-1-2-6-16(13)17/h1-2,4,6,8-11,17H,3,5,7,12H2,(H,20,21). The second-order valence-corrected chi connectivity index (χ2v) is 6.37. The Balaban J connectivity index is 1.57. The predicted octanol–water partition coefficient (Wildman–Crippen LogP) is 4.02. The summed E-state index contributed by atoms with van der Waals surface area (Å²) in [6.45, 7) is 0.0420. The Kier molecular flexibility index (Phi) is 4.78. The minimum atomic E-state index is -0.0791. The fraction of sp³-hybridized carbons (Fsp3) is 0.278. The molecule has 0 aliphatic heterocycles. The largest absolute Gasteiger partial charge is 0.484 e. The van der Waals surface area contributed by atoms with Gasteiger partial charge in [-0.25, -0.2) is 0 Å². The lowest BCUT2D eigenvalue weighted by Crippen LogP contribution is -2.34.